The van der Waals surface area contributed by atoms with E-state index in [4.69, 9.17) is 9.47 Å². The fourth-order valence-electron chi connectivity index (χ4n) is 3.08. The highest BCUT2D eigenvalue weighted by molar-refractivity contribution is 9.10. The molecule has 5 nitrogen and oxygen atoms in total. The Bertz CT molecular complexity index is 1010. The first-order chi connectivity index (χ1) is 14.4. The van der Waals surface area contributed by atoms with Crippen LogP contribution >= 0.6 is 15.9 Å². The molecule has 156 valence electrons. The number of benzene rings is 2. The van der Waals surface area contributed by atoms with Gasteiger partial charge in [0.25, 0.3) is 5.91 Å². The van der Waals surface area contributed by atoms with Crippen molar-refractivity contribution in [3.63, 3.8) is 0 Å². The molecule has 1 heterocycles. The van der Waals surface area contributed by atoms with Gasteiger partial charge in [0.1, 0.15) is 11.5 Å². The Morgan fingerprint density at radius 1 is 1.10 bits per heavy atom. The van der Waals surface area contributed by atoms with E-state index >= 15 is 0 Å². The van der Waals surface area contributed by atoms with Crippen LogP contribution in [0.5, 0.6) is 11.5 Å². The van der Waals surface area contributed by atoms with Crippen LogP contribution in [-0.4, -0.2) is 23.6 Å². The van der Waals surface area contributed by atoms with Crippen LogP contribution in [0.1, 0.15) is 35.6 Å². The van der Waals surface area contributed by atoms with Gasteiger partial charge in [-0.3, -0.25) is 9.78 Å². The Hall–Kier alpha value is -2.70. The first-order valence-electron chi connectivity index (χ1n) is 9.87. The minimum absolute atomic E-state index is 0.0966. The molecule has 0 saturated carbocycles. The van der Waals surface area contributed by atoms with Gasteiger partial charge < -0.3 is 14.8 Å². The standard InChI is InChI=1S/C24H25BrN2O3/c1-4-29-16(2)14-20-10-13-23(17(3)26-20)24(28)27-19-8-11-21(12-9-19)30-22-7-5-6-18(25)15-22/h5-13,15-16H,4,14H2,1-3H3,(H,27,28). The van der Waals surface area contributed by atoms with Crippen molar-refractivity contribution in [2.45, 2.75) is 33.3 Å². The molecule has 0 spiro atoms. The maximum absolute atomic E-state index is 12.7. The highest BCUT2D eigenvalue weighted by atomic mass is 79.9. The predicted octanol–water partition coefficient (Wildman–Crippen LogP) is 6.16. The van der Waals surface area contributed by atoms with Crippen LogP contribution in [0, 0.1) is 6.92 Å². The van der Waals surface area contributed by atoms with Crippen molar-refractivity contribution in [2.24, 2.45) is 0 Å². The molecule has 1 amide bonds. The fourth-order valence-corrected chi connectivity index (χ4v) is 3.45. The van der Waals surface area contributed by atoms with Gasteiger partial charge in [0.15, 0.2) is 0 Å². The molecule has 0 fully saturated rings. The normalized spacial score (nSPS) is 11.7. The van der Waals surface area contributed by atoms with E-state index in [1.165, 1.54) is 0 Å². The molecule has 0 aliphatic rings. The molecule has 30 heavy (non-hydrogen) atoms. The summed E-state index contributed by atoms with van der Waals surface area (Å²) < 4.78 is 12.3. The molecule has 0 aliphatic carbocycles. The lowest BCUT2D eigenvalue weighted by Crippen LogP contribution is -2.16. The summed E-state index contributed by atoms with van der Waals surface area (Å²) in [5, 5.41) is 2.91. The summed E-state index contributed by atoms with van der Waals surface area (Å²) in [6.07, 6.45) is 0.815. The smallest absolute Gasteiger partial charge is 0.257 e. The zero-order valence-corrected chi connectivity index (χ0v) is 18.9. The summed E-state index contributed by atoms with van der Waals surface area (Å²) in [5.41, 5.74) is 2.86. The van der Waals surface area contributed by atoms with Crippen molar-refractivity contribution in [3.05, 3.63) is 82.1 Å². The highest BCUT2D eigenvalue weighted by Gasteiger charge is 2.13. The third-order valence-electron chi connectivity index (χ3n) is 4.48. The van der Waals surface area contributed by atoms with E-state index in [1.807, 2.05) is 81.4 Å². The SMILES string of the molecule is CCOC(C)Cc1ccc(C(=O)Nc2ccc(Oc3cccc(Br)c3)cc2)c(C)n1. The van der Waals surface area contributed by atoms with E-state index in [2.05, 4.69) is 26.2 Å². The number of aromatic nitrogens is 1. The second-order valence-corrected chi connectivity index (χ2v) is 7.86. The number of nitrogens with zero attached hydrogens (tertiary/aromatic N) is 1. The predicted molar refractivity (Wildman–Crippen MR) is 122 cm³/mol. The second kappa shape index (κ2) is 10.4. The van der Waals surface area contributed by atoms with E-state index in [-0.39, 0.29) is 12.0 Å². The molecule has 0 radical (unpaired) electrons. The molecule has 1 aromatic heterocycles. The molecule has 1 N–H and O–H groups in total. The molecule has 0 aliphatic heterocycles. The number of pyridine rings is 1. The van der Waals surface area contributed by atoms with E-state index in [1.54, 1.807) is 0 Å². The summed E-state index contributed by atoms with van der Waals surface area (Å²) in [6.45, 7) is 6.51. The monoisotopic (exact) mass is 468 g/mol. The first kappa shape index (κ1) is 22.0. The van der Waals surface area contributed by atoms with Crippen LogP contribution in [-0.2, 0) is 11.2 Å². The zero-order chi connectivity index (χ0) is 21.5. The maximum atomic E-state index is 12.7. The summed E-state index contributed by atoms with van der Waals surface area (Å²) in [6, 6.07) is 18.6. The number of anilines is 1. The van der Waals surface area contributed by atoms with Crippen LogP contribution in [0.4, 0.5) is 5.69 Å². The Balaban J connectivity index is 1.62. The number of nitrogens with one attached hydrogen (secondary N) is 1. The number of carbonyl (C=O) groups is 1. The Morgan fingerprint density at radius 2 is 1.87 bits per heavy atom. The lowest BCUT2D eigenvalue weighted by Gasteiger charge is -2.13. The molecule has 1 unspecified atom stereocenters. The van der Waals surface area contributed by atoms with E-state index in [0.29, 0.717) is 29.3 Å². The van der Waals surface area contributed by atoms with E-state index < -0.39 is 0 Å². The molecule has 1 atom stereocenters. The van der Waals surface area contributed by atoms with Gasteiger partial charge in [-0.15, -0.1) is 0 Å². The average Bonchev–Trinajstić information content (AvgIpc) is 2.69. The van der Waals surface area contributed by atoms with Gasteiger partial charge in [0, 0.05) is 28.9 Å². The van der Waals surface area contributed by atoms with Crippen molar-refractivity contribution in [3.8, 4) is 11.5 Å². The van der Waals surface area contributed by atoms with Crippen molar-refractivity contribution in [2.75, 3.05) is 11.9 Å². The number of halogens is 1. The number of ether oxygens (including phenoxy) is 2. The third-order valence-corrected chi connectivity index (χ3v) is 4.97. The van der Waals surface area contributed by atoms with E-state index in [0.717, 1.165) is 22.3 Å². The topological polar surface area (TPSA) is 60.5 Å². The van der Waals surface area contributed by atoms with Gasteiger partial charge in [-0.1, -0.05) is 22.0 Å². The van der Waals surface area contributed by atoms with Crippen molar-refractivity contribution in [1.29, 1.82) is 0 Å². The second-order valence-electron chi connectivity index (χ2n) is 6.94. The number of carbonyl (C=O) groups excluding carboxylic acids is 1. The van der Waals surface area contributed by atoms with Crippen LogP contribution in [0.15, 0.2) is 65.1 Å². The molecule has 6 heteroatoms. The molecular weight excluding hydrogens is 444 g/mol. The molecule has 3 rings (SSSR count). The highest BCUT2D eigenvalue weighted by Crippen LogP contribution is 2.25. The molecule has 3 aromatic rings. The lowest BCUT2D eigenvalue weighted by molar-refractivity contribution is 0.0761. The summed E-state index contributed by atoms with van der Waals surface area (Å²) >= 11 is 3.43. The lowest BCUT2D eigenvalue weighted by atomic mass is 10.1. The zero-order valence-electron chi connectivity index (χ0n) is 17.3. The molecular formula is C24H25BrN2O3. The average molecular weight is 469 g/mol. The van der Waals surface area contributed by atoms with Gasteiger partial charge in [0.2, 0.25) is 0 Å². The van der Waals surface area contributed by atoms with Crippen molar-refractivity contribution >= 4 is 27.5 Å². The Kier molecular flexibility index (Phi) is 7.60. The maximum Gasteiger partial charge on any atom is 0.257 e. The third kappa shape index (κ3) is 6.15. The van der Waals surface area contributed by atoms with Crippen LogP contribution in [0.2, 0.25) is 0 Å². The molecule has 0 saturated heterocycles. The van der Waals surface area contributed by atoms with Gasteiger partial charge in [-0.05, 0) is 75.4 Å². The van der Waals surface area contributed by atoms with Crippen LogP contribution in [0.25, 0.3) is 0 Å². The van der Waals surface area contributed by atoms with Crippen molar-refractivity contribution in [1.82, 2.24) is 4.98 Å². The summed E-state index contributed by atoms with van der Waals surface area (Å²) in [7, 11) is 0. The summed E-state index contributed by atoms with van der Waals surface area (Å²) in [5.74, 6) is 1.24. The van der Waals surface area contributed by atoms with Gasteiger partial charge in [-0.25, -0.2) is 0 Å². The van der Waals surface area contributed by atoms with Gasteiger partial charge in [0.05, 0.1) is 17.4 Å². The minimum Gasteiger partial charge on any atom is -0.457 e. The molecule has 0 bridgehead atoms. The van der Waals surface area contributed by atoms with Gasteiger partial charge >= 0.3 is 0 Å². The van der Waals surface area contributed by atoms with E-state index in [9.17, 15) is 4.79 Å². The Morgan fingerprint density at radius 3 is 2.53 bits per heavy atom. The first-order valence-corrected chi connectivity index (χ1v) is 10.7. The quantitative estimate of drug-likeness (QED) is 0.429. The number of hydrogen-bond donors (Lipinski definition) is 1. The summed E-state index contributed by atoms with van der Waals surface area (Å²) in [4.78, 5) is 17.2. The number of hydrogen-bond acceptors (Lipinski definition) is 4. The van der Waals surface area contributed by atoms with Crippen LogP contribution in [0.3, 0.4) is 0 Å². The fraction of sp³-hybridized carbons (Fsp3) is 0.250. The number of rotatable bonds is 8. The molecule has 2 aromatic carbocycles. The minimum atomic E-state index is -0.190. The Labute approximate surface area is 185 Å². The van der Waals surface area contributed by atoms with Crippen LogP contribution < -0.4 is 10.1 Å². The number of aryl methyl sites for hydroxylation is 1. The largest absolute Gasteiger partial charge is 0.457 e. The van der Waals surface area contributed by atoms with Crippen molar-refractivity contribution < 1.29 is 14.3 Å². The number of amides is 1. The van der Waals surface area contributed by atoms with Gasteiger partial charge in [-0.2, -0.15) is 0 Å².